The Morgan fingerprint density at radius 3 is 2.10 bits per heavy atom. The molecule has 8 aromatic carbocycles. The number of aromatic nitrogens is 3. The van der Waals surface area contributed by atoms with Crippen LogP contribution in [-0.2, 0) is 6.42 Å². The lowest BCUT2D eigenvalue weighted by molar-refractivity contribution is 0.817. The maximum Gasteiger partial charge on any atom is 0.235 e. The first-order valence-corrected chi connectivity index (χ1v) is 17.8. The van der Waals surface area contributed by atoms with Crippen LogP contribution in [0.5, 0.6) is 0 Å². The van der Waals surface area contributed by atoms with Crippen LogP contribution >= 0.6 is 0 Å². The molecule has 10 aromatic rings. The molecule has 0 saturated heterocycles. The summed E-state index contributed by atoms with van der Waals surface area (Å²) in [6, 6.07) is 57.6. The first kappa shape index (κ1) is 27.3. The van der Waals surface area contributed by atoms with Crippen LogP contribution < -0.4 is 0 Å². The van der Waals surface area contributed by atoms with E-state index in [0.717, 1.165) is 34.1 Å². The van der Waals surface area contributed by atoms with E-state index in [1.165, 1.54) is 76.8 Å². The van der Waals surface area contributed by atoms with Crippen LogP contribution in [0, 0.1) is 0 Å². The highest BCUT2D eigenvalue weighted by atomic mass is 15.2. The number of benzene rings is 8. The van der Waals surface area contributed by atoms with E-state index < -0.39 is 0 Å². The van der Waals surface area contributed by atoms with Crippen molar-refractivity contribution in [2.24, 2.45) is 0 Å². The topological polar surface area (TPSA) is 30.7 Å². The van der Waals surface area contributed by atoms with Crippen molar-refractivity contribution >= 4 is 54.3 Å². The summed E-state index contributed by atoms with van der Waals surface area (Å²) in [5.74, 6) is 0.978. The predicted octanol–water partition coefficient (Wildman–Crippen LogP) is 12.0. The lowest BCUT2D eigenvalue weighted by Gasteiger charge is -2.27. The van der Waals surface area contributed by atoms with E-state index in [4.69, 9.17) is 9.97 Å². The molecule has 3 nitrogen and oxygen atoms in total. The molecule has 0 amide bonds. The Morgan fingerprint density at radius 1 is 0.510 bits per heavy atom. The van der Waals surface area contributed by atoms with Crippen LogP contribution in [0.25, 0.3) is 93.7 Å². The minimum absolute atomic E-state index is 0.283. The quantitative estimate of drug-likeness (QED) is 0.187. The number of para-hydroxylation sites is 2. The second kappa shape index (κ2) is 9.99. The zero-order chi connectivity index (χ0) is 33.2. The molecule has 2 aliphatic carbocycles. The van der Waals surface area contributed by atoms with Gasteiger partial charge in [-0.25, -0.2) is 9.97 Å². The Balaban J connectivity index is 1.22. The van der Waals surface area contributed by atoms with E-state index in [1.54, 1.807) is 0 Å². The van der Waals surface area contributed by atoms with Crippen molar-refractivity contribution in [2.45, 2.75) is 12.3 Å². The number of fused-ring (bicyclic) bond motifs is 12. The lowest BCUT2D eigenvalue weighted by atomic mass is 9.77. The fourth-order valence-electron chi connectivity index (χ4n) is 9.24. The van der Waals surface area contributed by atoms with Gasteiger partial charge in [0.05, 0.1) is 22.2 Å². The van der Waals surface area contributed by atoms with E-state index in [-0.39, 0.29) is 5.92 Å². The summed E-state index contributed by atoms with van der Waals surface area (Å²) in [5, 5.41) is 8.50. The summed E-state index contributed by atoms with van der Waals surface area (Å²) >= 11 is 0. The van der Waals surface area contributed by atoms with Gasteiger partial charge in [-0.05, 0) is 97.7 Å². The fraction of sp³-hybridized carbons (Fsp3) is 0.0417. The van der Waals surface area contributed by atoms with Crippen molar-refractivity contribution in [1.82, 2.24) is 14.5 Å². The van der Waals surface area contributed by atoms with Crippen LogP contribution in [-0.4, -0.2) is 14.5 Å². The van der Waals surface area contributed by atoms with Gasteiger partial charge < -0.3 is 0 Å². The van der Waals surface area contributed by atoms with Gasteiger partial charge in [-0.3, -0.25) is 4.57 Å². The third-order valence-electron chi connectivity index (χ3n) is 11.5. The monoisotopic (exact) mass is 647 g/mol. The maximum absolute atomic E-state index is 5.51. The number of hydrogen-bond acceptors (Lipinski definition) is 2. The van der Waals surface area contributed by atoms with E-state index >= 15 is 0 Å². The molecule has 3 heteroatoms. The van der Waals surface area contributed by atoms with Crippen LogP contribution in [0.3, 0.4) is 0 Å². The van der Waals surface area contributed by atoms with Crippen LogP contribution in [0.1, 0.15) is 22.6 Å². The average molecular weight is 648 g/mol. The third-order valence-corrected chi connectivity index (χ3v) is 11.5. The van der Waals surface area contributed by atoms with Gasteiger partial charge in [-0.2, -0.15) is 0 Å². The molecule has 12 rings (SSSR count). The summed E-state index contributed by atoms with van der Waals surface area (Å²) in [6.45, 7) is 0. The van der Waals surface area contributed by atoms with Crippen molar-refractivity contribution < 1.29 is 0 Å². The largest absolute Gasteiger partial charge is 0.277 e. The average Bonchev–Trinajstić information content (AvgIpc) is 3.68. The second-order valence-corrected chi connectivity index (χ2v) is 14.1. The van der Waals surface area contributed by atoms with Crippen molar-refractivity contribution in [2.75, 3.05) is 0 Å². The van der Waals surface area contributed by atoms with Gasteiger partial charge in [0.15, 0.2) is 0 Å². The third kappa shape index (κ3) is 3.72. The summed E-state index contributed by atoms with van der Waals surface area (Å²) < 4.78 is 2.36. The highest BCUT2D eigenvalue weighted by Gasteiger charge is 2.38. The molecule has 2 aliphatic rings. The van der Waals surface area contributed by atoms with Crippen molar-refractivity contribution in [3.8, 4) is 39.5 Å². The molecule has 2 aromatic heterocycles. The van der Waals surface area contributed by atoms with Gasteiger partial charge in [0, 0.05) is 33.2 Å². The lowest BCUT2D eigenvalue weighted by Crippen LogP contribution is -2.12. The predicted molar refractivity (Wildman–Crippen MR) is 211 cm³/mol. The Bertz CT molecular complexity index is 3130. The molecule has 51 heavy (non-hydrogen) atoms. The Hall–Kier alpha value is -6.58. The van der Waals surface area contributed by atoms with Crippen LogP contribution in [0.2, 0.25) is 0 Å². The summed E-state index contributed by atoms with van der Waals surface area (Å²) in [4.78, 5) is 10.9. The Labute approximate surface area is 294 Å². The fourth-order valence-corrected chi connectivity index (χ4v) is 9.24. The minimum Gasteiger partial charge on any atom is -0.277 e. The van der Waals surface area contributed by atoms with Gasteiger partial charge in [0.2, 0.25) is 5.95 Å². The molecule has 236 valence electrons. The molecule has 0 N–H and O–H groups in total. The van der Waals surface area contributed by atoms with E-state index in [1.807, 2.05) is 0 Å². The second-order valence-electron chi connectivity index (χ2n) is 14.1. The number of nitrogens with zero attached hydrogens (tertiary/aromatic N) is 3. The van der Waals surface area contributed by atoms with Gasteiger partial charge >= 0.3 is 0 Å². The highest BCUT2D eigenvalue weighted by Crippen LogP contribution is 2.57. The Morgan fingerprint density at radius 2 is 1.22 bits per heavy atom. The molecule has 0 spiro atoms. The van der Waals surface area contributed by atoms with Gasteiger partial charge in [-0.1, -0.05) is 121 Å². The molecule has 2 heterocycles. The first-order chi connectivity index (χ1) is 25.3. The van der Waals surface area contributed by atoms with Crippen molar-refractivity contribution in [3.63, 3.8) is 0 Å². The molecule has 0 fully saturated rings. The zero-order valence-corrected chi connectivity index (χ0v) is 27.6. The smallest absolute Gasteiger partial charge is 0.235 e. The summed E-state index contributed by atoms with van der Waals surface area (Å²) in [5.41, 5.74) is 14.9. The maximum atomic E-state index is 5.51. The van der Waals surface area contributed by atoms with Crippen LogP contribution in [0.4, 0.5) is 0 Å². The van der Waals surface area contributed by atoms with Crippen LogP contribution in [0.15, 0.2) is 158 Å². The van der Waals surface area contributed by atoms with Crippen molar-refractivity contribution in [1.29, 1.82) is 0 Å². The molecular weight excluding hydrogens is 619 g/mol. The molecule has 1 unspecified atom stereocenters. The van der Waals surface area contributed by atoms with Crippen molar-refractivity contribution in [3.05, 3.63) is 174 Å². The van der Waals surface area contributed by atoms with Gasteiger partial charge in [0.25, 0.3) is 0 Å². The summed E-state index contributed by atoms with van der Waals surface area (Å²) in [7, 11) is 0. The van der Waals surface area contributed by atoms with Gasteiger partial charge in [-0.15, -0.1) is 0 Å². The standard InChI is InChI=1S/C48H29N3/c1-2-12-29-23-33(22-21-28(29)11-1)46-36-18-7-9-19-42(36)49-48(50-46)51-43-20-10-8-17-35(43)41-27-40-38-25-31-14-4-3-13-30(31)24-37(38)39-26-32-15-5-6-16-34(32)45(44(39)40)47(41)51/h1-25,27,39H,26H2. The molecular formula is C48H29N3. The molecule has 0 aliphatic heterocycles. The SMILES string of the molecule is c1ccc2c(c1)CC1c3cc4ccccc4cc3-c3cc4c5ccccc5n(-c5nc(-c6ccc7ccccc7c6)c6ccccc6n5)c4c-2c31. The normalized spacial score (nSPS) is 14.4. The zero-order valence-electron chi connectivity index (χ0n) is 27.6. The molecule has 0 radical (unpaired) electrons. The highest BCUT2D eigenvalue weighted by molar-refractivity contribution is 6.18. The van der Waals surface area contributed by atoms with E-state index in [0.29, 0.717) is 5.95 Å². The number of hydrogen-bond donors (Lipinski definition) is 0. The minimum atomic E-state index is 0.283. The molecule has 1 atom stereocenters. The van der Waals surface area contributed by atoms with Gasteiger partial charge in [0.1, 0.15) is 0 Å². The molecule has 0 saturated carbocycles. The summed E-state index contributed by atoms with van der Waals surface area (Å²) in [6.07, 6.45) is 0.992. The Kier molecular flexibility index (Phi) is 5.34. The van der Waals surface area contributed by atoms with E-state index in [9.17, 15) is 0 Å². The van der Waals surface area contributed by atoms with E-state index in [2.05, 4.69) is 162 Å². The first-order valence-electron chi connectivity index (χ1n) is 17.8. The number of rotatable bonds is 2. The molecule has 0 bridgehead atoms.